The van der Waals surface area contributed by atoms with Crippen LogP contribution in [0, 0.1) is 0 Å². The fourth-order valence-electron chi connectivity index (χ4n) is 1.30. The van der Waals surface area contributed by atoms with E-state index in [4.69, 9.17) is 0 Å². The van der Waals surface area contributed by atoms with E-state index in [9.17, 15) is 4.79 Å². The summed E-state index contributed by atoms with van der Waals surface area (Å²) in [5.41, 5.74) is 0.979. The maximum Gasteiger partial charge on any atom is 0.319 e. The van der Waals surface area contributed by atoms with Crippen LogP contribution in [-0.2, 0) is 16.1 Å². The summed E-state index contributed by atoms with van der Waals surface area (Å²) < 4.78 is 6.40. The molecule has 0 saturated heterocycles. The van der Waals surface area contributed by atoms with Crippen molar-refractivity contribution in [3.8, 4) is 0 Å². The molecule has 1 atom stereocenters. The maximum absolute atomic E-state index is 11.2. The van der Waals surface area contributed by atoms with E-state index < -0.39 is 0 Å². The Kier molecular flexibility index (Phi) is 5.90. The number of nitrogens with zero attached hydrogens (tertiary/aromatic N) is 2. The second kappa shape index (κ2) is 6.95. The second-order valence-corrected chi connectivity index (χ2v) is 5.51. The zero-order valence-electron chi connectivity index (χ0n) is 10.3. The molecule has 0 aliphatic rings. The van der Waals surface area contributed by atoms with E-state index in [2.05, 4.69) is 51.6 Å². The number of nitrogens with one attached hydrogen (secondary N) is 1. The Morgan fingerprint density at radius 2 is 2.35 bits per heavy atom. The first kappa shape index (κ1) is 14.4. The molecule has 1 unspecified atom stereocenters. The summed E-state index contributed by atoms with van der Waals surface area (Å²) >= 11 is 2.06. The third-order valence-electron chi connectivity index (χ3n) is 2.28. The number of hydrogen-bond donors (Lipinski definition) is 1. The SMILES string of the molecule is COC(=O)C(I)CNCc1ccn(C(C)C)n1. The Morgan fingerprint density at radius 3 is 2.88 bits per heavy atom. The number of carbonyl (C=O) groups is 1. The molecule has 1 rings (SSSR count). The molecule has 17 heavy (non-hydrogen) atoms. The molecule has 6 heteroatoms. The average Bonchev–Trinajstić information content (AvgIpc) is 2.76. The summed E-state index contributed by atoms with van der Waals surface area (Å²) in [6, 6.07) is 2.35. The van der Waals surface area contributed by atoms with Crippen molar-refractivity contribution in [3.63, 3.8) is 0 Å². The third kappa shape index (κ3) is 4.63. The van der Waals surface area contributed by atoms with Gasteiger partial charge < -0.3 is 10.1 Å². The molecule has 0 aromatic carbocycles. The molecular formula is C11H18IN3O2. The highest BCUT2D eigenvalue weighted by molar-refractivity contribution is 14.1. The predicted molar refractivity (Wildman–Crippen MR) is 74.1 cm³/mol. The normalized spacial score (nSPS) is 12.8. The summed E-state index contributed by atoms with van der Waals surface area (Å²) in [7, 11) is 1.40. The van der Waals surface area contributed by atoms with Gasteiger partial charge >= 0.3 is 5.97 Å². The van der Waals surface area contributed by atoms with Crippen LogP contribution < -0.4 is 5.32 Å². The number of methoxy groups -OCH3 is 1. The number of alkyl halides is 1. The van der Waals surface area contributed by atoms with Gasteiger partial charge in [0.1, 0.15) is 3.92 Å². The average molecular weight is 351 g/mol. The van der Waals surface area contributed by atoms with Crippen LogP contribution in [0.4, 0.5) is 0 Å². The Labute approximate surface area is 115 Å². The third-order valence-corrected chi connectivity index (χ3v) is 3.23. The van der Waals surface area contributed by atoms with Gasteiger partial charge in [-0.1, -0.05) is 22.6 Å². The molecule has 0 radical (unpaired) electrons. The number of esters is 1. The largest absolute Gasteiger partial charge is 0.468 e. The van der Waals surface area contributed by atoms with Crippen molar-refractivity contribution in [3.05, 3.63) is 18.0 Å². The van der Waals surface area contributed by atoms with Gasteiger partial charge in [-0.3, -0.25) is 9.48 Å². The van der Waals surface area contributed by atoms with Crippen LogP contribution in [-0.4, -0.2) is 33.3 Å². The van der Waals surface area contributed by atoms with Gasteiger partial charge in [0.2, 0.25) is 0 Å². The molecule has 0 bridgehead atoms. The number of carbonyl (C=O) groups excluding carboxylic acids is 1. The van der Waals surface area contributed by atoms with Gasteiger partial charge in [0, 0.05) is 25.3 Å². The molecule has 0 aliphatic heterocycles. The number of rotatable bonds is 6. The highest BCUT2D eigenvalue weighted by Gasteiger charge is 2.14. The Bertz CT molecular complexity index is 365. The van der Waals surface area contributed by atoms with E-state index in [0.29, 0.717) is 19.1 Å². The zero-order valence-corrected chi connectivity index (χ0v) is 12.5. The van der Waals surface area contributed by atoms with Gasteiger partial charge in [-0.15, -0.1) is 0 Å². The lowest BCUT2D eigenvalue weighted by molar-refractivity contribution is -0.139. The van der Waals surface area contributed by atoms with E-state index in [1.165, 1.54) is 7.11 Å². The van der Waals surface area contributed by atoms with Gasteiger partial charge in [0.15, 0.2) is 0 Å². The van der Waals surface area contributed by atoms with E-state index in [0.717, 1.165) is 5.69 Å². The monoisotopic (exact) mass is 351 g/mol. The Hall–Kier alpha value is -0.630. The molecule has 1 aromatic rings. The van der Waals surface area contributed by atoms with Gasteiger partial charge in [-0.05, 0) is 19.9 Å². The van der Waals surface area contributed by atoms with Crippen LogP contribution in [0.5, 0.6) is 0 Å². The van der Waals surface area contributed by atoms with Gasteiger partial charge in [-0.25, -0.2) is 0 Å². The van der Waals surface area contributed by atoms with Crippen LogP contribution in [0.15, 0.2) is 12.3 Å². The fourth-order valence-corrected chi connectivity index (χ4v) is 1.86. The van der Waals surface area contributed by atoms with Crippen LogP contribution in [0.3, 0.4) is 0 Å². The lowest BCUT2D eigenvalue weighted by Gasteiger charge is -2.08. The minimum Gasteiger partial charge on any atom is -0.468 e. The van der Waals surface area contributed by atoms with E-state index in [1.54, 1.807) is 0 Å². The predicted octanol–water partition coefficient (Wildman–Crippen LogP) is 1.53. The van der Waals surface area contributed by atoms with Crippen molar-refractivity contribution in [2.75, 3.05) is 13.7 Å². The molecule has 1 N–H and O–H groups in total. The maximum atomic E-state index is 11.2. The first-order valence-electron chi connectivity index (χ1n) is 5.51. The number of halogens is 1. The van der Waals surface area contributed by atoms with Crippen molar-refractivity contribution >= 4 is 28.6 Å². The first-order valence-corrected chi connectivity index (χ1v) is 6.75. The molecule has 5 nitrogen and oxygen atoms in total. The molecule has 0 saturated carbocycles. The van der Waals surface area contributed by atoms with Crippen LogP contribution in [0.1, 0.15) is 25.6 Å². The Balaban J connectivity index is 2.33. The first-order chi connectivity index (χ1) is 8.04. The molecule has 0 spiro atoms. The van der Waals surface area contributed by atoms with Gasteiger partial charge in [0.25, 0.3) is 0 Å². The van der Waals surface area contributed by atoms with Crippen LogP contribution in [0.25, 0.3) is 0 Å². The lowest BCUT2D eigenvalue weighted by Crippen LogP contribution is -2.29. The highest BCUT2D eigenvalue weighted by atomic mass is 127. The summed E-state index contributed by atoms with van der Waals surface area (Å²) in [4.78, 5) is 11.2. The Morgan fingerprint density at radius 1 is 1.65 bits per heavy atom. The quantitative estimate of drug-likeness (QED) is 0.480. The molecule has 0 aliphatic carbocycles. The summed E-state index contributed by atoms with van der Waals surface area (Å²) in [6.07, 6.45) is 1.96. The van der Waals surface area contributed by atoms with E-state index in [-0.39, 0.29) is 9.89 Å². The minimum atomic E-state index is -0.203. The van der Waals surface area contributed by atoms with Crippen LogP contribution in [0.2, 0.25) is 0 Å². The lowest BCUT2D eigenvalue weighted by atomic mass is 10.4. The van der Waals surface area contributed by atoms with Crippen LogP contribution >= 0.6 is 22.6 Å². The molecule has 0 fully saturated rings. The number of hydrogen-bond acceptors (Lipinski definition) is 4. The van der Waals surface area contributed by atoms with Crippen molar-refractivity contribution in [2.45, 2.75) is 30.4 Å². The molecular weight excluding hydrogens is 333 g/mol. The second-order valence-electron chi connectivity index (χ2n) is 4.00. The summed E-state index contributed by atoms with van der Waals surface area (Å²) in [5, 5.41) is 7.59. The van der Waals surface area contributed by atoms with Crippen molar-refractivity contribution in [1.82, 2.24) is 15.1 Å². The number of aromatic nitrogens is 2. The minimum absolute atomic E-state index is 0.162. The standard InChI is InChI=1S/C11H18IN3O2/c1-8(2)15-5-4-9(14-15)6-13-7-10(12)11(16)17-3/h4-5,8,10,13H,6-7H2,1-3H3. The van der Waals surface area contributed by atoms with Crippen molar-refractivity contribution in [2.24, 2.45) is 0 Å². The smallest absolute Gasteiger partial charge is 0.319 e. The zero-order chi connectivity index (χ0) is 12.8. The molecule has 0 amide bonds. The summed E-state index contributed by atoms with van der Waals surface area (Å²) in [6.45, 7) is 5.42. The molecule has 1 aromatic heterocycles. The summed E-state index contributed by atoms with van der Waals surface area (Å²) in [5.74, 6) is -0.203. The fraction of sp³-hybridized carbons (Fsp3) is 0.636. The molecule has 96 valence electrons. The van der Waals surface area contributed by atoms with E-state index >= 15 is 0 Å². The number of ether oxygens (including phenoxy) is 1. The topological polar surface area (TPSA) is 56.1 Å². The van der Waals surface area contributed by atoms with Crippen molar-refractivity contribution < 1.29 is 9.53 Å². The highest BCUT2D eigenvalue weighted by Crippen LogP contribution is 2.05. The van der Waals surface area contributed by atoms with Crippen molar-refractivity contribution in [1.29, 1.82) is 0 Å². The van der Waals surface area contributed by atoms with Gasteiger partial charge in [-0.2, -0.15) is 5.10 Å². The van der Waals surface area contributed by atoms with Gasteiger partial charge in [0.05, 0.1) is 12.8 Å². The van der Waals surface area contributed by atoms with E-state index in [1.807, 2.05) is 16.9 Å². The molecule has 1 heterocycles.